The molecule has 4 heteroatoms. The van der Waals surface area contributed by atoms with Crippen LogP contribution in [0.4, 0.5) is 0 Å². The van der Waals surface area contributed by atoms with Gasteiger partial charge in [-0.25, -0.2) is 0 Å². The maximum atomic E-state index is 10.5. The zero-order valence-electron chi connectivity index (χ0n) is 19.0. The molecule has 0 radical (unpaired) electrons. The van der Waals surface area contributed by atoms with E-state index >= 15 is 0 Å². The van der Waals surface area contributed by atoms with Crippen molar-refractivity contribution in [1.29, 1.82) is 0 Å². The van der Waals surface area contributed by atoms with Crippen LogP contribution in [0.2, 0.25) is 0 Å². The number of unbranched alkanes of at least 4 members (excludes halogenated alkanes) is 6. The minimum atomic E-state index is -0.258. The first-order valence-corrected chi connectivity index (χ1v) is 12.4. The third kappa shape index (κ3) is 12.0. The van der Waals surface area contributed by atoms with Gasteiger partial charge in [-0.3, -0.25) is 4.90 Å². The van der Waals surface area contributed by atoms with Crippen LogP contribution in [-0.4, -0.2) is 53.6 Å². The number of hydrogen-bond donors (Lipinski definition) is 2. The zero-order valence-corrected chi connectivity index (χ0v) is 19.0. The topological polar surface area (TPSA) is 52.9 Å². The van der Waals surface area contributed by atoms with E-state index in [1.165, 1.54) is 56.9 Å². The monoisotopic (exact) mass is 419 g/mol. The average Bonchev–Trinajstić information content (AvgIpc) is 2.77. The predicted octanol–water partition coefficient (Wildman–Crippen LogP) is 5.31. The van der Waals surface area contributed by atoms with Gasteiger partial charge in [0, 0.05) is 26.3 Å². The fourth-order valence-electron chi connectivity index (χ4n) is 4.41. The van der Waals surface area contributed by atoms with Crippen molar-refractivity contribution < 1.29 is 14.9 Å². The summed E-state index contributed by atoms with van der Waals surface area (Å²) in [4.78, 5) is 2.43. The Kier molecular flexibility index (Phi) is 14.1. The molecule has 0 aromatic heterocycles. The Morgan fingerprint density at radius 1 is 0.933 bits per heavy atom. The van der Waals surface area contributed by atoms with Crippen LogP contribution >= 0.6 is 0 Å². The number of rotatable bonds is 17. The Morgan fingerprint density at radius 2 is 1.70 bits per heavy atom. The highest BCUT2D eigenvalue weighted by molar-refractivity contribution is 5.14. The smallest absolute Gasteiger partial charge is 0.0667 e. The van der Waals surface area contributed by atoms with Gasteiger partial charge in [-0.1, -0.05) is 68.9 Å². The second-order valence-corrected chi connectivity index (χ2v) is 8.99. The van der Waals surface area contributed by atoms with Crippen LogP contribution in [0.5, 0.6) is 0 Å². The largest absolute Gasteiger partial charge is 0.396 e. The molecule has 1 aliphatic rings. The summed E-state index contributed by atoms with van der Waals surface area (Å²) in [7, 11) is 0. The van der Waals surface area contributed by atoms with Crippen molar-refractivity contribution in [2.45, 2.75) is 102 Å². The van der Waals surface area contributed by atoms with Gasteiger partial charge in [-0.2, -0.15) is 0 Å². The van der Waals surface area contributed by atoms with Crippen molar-refractivity contribution in [2.75, 3.05) is 26.3 Å². The van der Waals surface area contributed by atoms with Crippen molar-refractivity contribution in [3.05, 3.63) is 35.9 Å². The molecule has 0 aliphatic carbocycles. The van der Waals surface area contributed by atoms with E-state index in [-0.39, 0.29) is 12.7 Å². The molecule has 30 heavy (non-hydrogen) atoms. The van der Waals surface area contributed by atoms with E-state index in [1.807, 2.05) is 0 Å². The molecule has 0 spiro atoms. The second kappa shape index (κ2) is 16.7. The van der Waals surface area contributed by atoms with E-state index < -0.39 is 0 Å². The molecular weight excluding hydrogens is 374 g/mol. The number of aliphatic hydroxyl groups is 2. The lowest BCUT2D eigenvalue weighted by Gasteiger charge is -2.25. The average molecular weight is 420 g/mol. The fourth-order valence-corrected chi connectivity index (χ4v) is 4.41. The molecule has 0 bridgehead atoms. The van der Waals surface area contributed by atoms with Crippen LogP contribution < -0.4 is 0 Å². The van der Waals surface area contributed by atoms with Gasteiger partial charge in [-0.05, 0) is 57.1 Å². The molecule has 0 amide bonds. The first-order valence-electron chi connectivity index (χ1n) is 12.4. The maximum Gasteiger partial charge on any atom is 0.0667 e. The highest BCUT2D eigenvalue weighted by Crippen LogP contribution is 2.19. The SMILES string of the molecule is OCCCCCCC(O)CN(CCCCCCC1CCCCO1)Cc1ccccc1. The summed E-state index contributed by atoms with van der Waals surface area (Å²) in [5.74, 6) is 0. The van der Waals surface area contributed by atoms with E-state index in [9.17, 15) is 5.11 Å². The Morgan fingerprint density at radius 3 is 2.47 bits per heavy atom. The summed E-state index contributed by atoms with van der Waals surface area (Å²) in [5.41, 5.74) is 1.32. The quantitative estimate of drug-likeness (QED) is 0.336. The van der Waals surface area contributed by atoms with Gasteiger partial charge < -0.3 is 14.9 Å². The summed E-state index contributed by atoms with van der Waals surface area (Å²) in [5, 5.41) is 19.4. The third-order valence-corrected chi connectivity index (χ3v) is 6.19. The van der Waals surface area contributed by atoms with Crippen LogP contribution in [0.1, 0.15) is 89.0 Å². The van der Waals surface area contributed by atoms with Crippen LogP contribution in [0.3, 0.4) is 0 Å². The van der Waals surface area contributed by atoms with Crippen LogP contribution in [0.25, 0.3) is 0 Å². The molecule has 2 unspecified atom stereocenters. The molecule has 2 atom stereocenters. The second-order valence-electron chi connectivity index (χ2n) is 8.99. The summed E-state index contributed by atoms with van der Waals surface area (Å²) in [6.45, 7) is 3.96. The van der Waals surface area contributed by atoms with Crippen LogP contribution in [-0.2, 0) is 11.3 Å². The molecule has 0 saturated carbocycles. The minimum absolute atomic E-state index is 0.258. The molecular formula is C26H45NO3. The number of benzene rings is 1. The highest BCUT2D eigenvalue weighted by Gasteiger charge is 2.14. The Labute approximate surface area is 184 Å². The van der Waals surface area contributed by atoms with Gasteiger partial charge in [0.05, 0.1) is 12.2 Å². The van der Waals surface area contributed by atoms with Crippen molar-refractivity contribution in [3.8, 4) is 0 Å². The molecule has 1 aromatic carbocycles. The van der Waals surface area contributed by atoms with Gasteiger partial charge in [-0.15, -0.1) is 0 Å². The summed E-state index contributed by atoms with van der Waals surface area (Å²) < 4.78 is 5.84. The van der Waals surface area contributed by atoms with E-state index in [1.54, 1.807) is 0 Å². The van der Waals surface area contributed by atoms with Crippen LogP contribution in [0.15, 0.2) is 30.3 Å². The Balaban J connectivity index is 1.64. The van der Waals surface area contributed by atoms with E-state index in [0.29, 0.717) is 6.10 Å². The van der Waals surface area contributed by atoms with Crippen molar-refractivity contribution in [3.63, 3.8) is 0 Å². The Bertz CT molecular complexity index is 504. The molecule has 1 aromatic rings. The number of ether oxygens (including phenoxy) is 1. The molecule has 1 heterocycles. The highest BCUT2D eigenvalue weighted by atomic mass is 16.5. The first kappa shape index (κ1) is 25.3. The number of nitrogens with zero attached hydrogens (tertiary/aromatic N) is 1. The predicted molar refractivity (Wildman–Crippen MR) is 125 cm³/mol. The van der Waals surface area contributed by atoms with E-state index in [2.05, 4.69) is 35.2 Å². The normalized spacial score (nSPS) is 18.0. The molecule has 1 aliphatic heterocycles. The molecule has 1 saturated heterocycles. The minimum Gasteiger partial charge on any atom is -0.396 e. The molecule has 2 N–H and O–H groups in total. The van der Waals surface area contributed by atoms with Gasteiger partial charge in [0.15, 0.2) is 0 Å². The van der Waals surface area contributed by atoms with Gasteiger partial charge in [0.1, 0.15) is 0 Å². The summed E-state index contributed by atoms with van der Waals surface area (Å²) in [6.07, 6.45) is 15.3. The Hall–Kier alpha value is -0.940. The lowest BCUT2D eigenvalue weighted by molar-refractivity contribution is 0.00972. The molecule has 2 rings (SSSR count). The van der Waals surface area contributed by atoms with Crippen molar-refractivity contribution >= 4 is 0 Å². The van der Waals surface area contributed by atoms with Crippen molar-refractivity contribution in [1.82, 2.24) is 4.90 Å². The zero-order chi connectivity index (χ0) is 21.3. The third-order valence-electron chi connectivity index (χ3n) is 6.19. The van der Waals surface area contributed by atoms with E-state index in [4.69, 9.17) is 9.84 Å². The van der Waals surface area contributed by atoms with Gasteiger partial charge >= 0.3 is 0 Å². The van der Waals surface area contributed by atoms with Crippen molar-refractivity contribution in [2.24, 2.45) is 0 Å². The summed E-state index contributed by atoms with van der Waals surface area (Å²) in [6, 6.07) is 10.6. The lowest BCUT2D eigenvalue weighted by atomic mass is 10.0. The van der Waals surface area contributed by atoms with E-state index in [0.717, 1.165) is 58.3 Å². The number of hydrogen-bond acceptors (Lipinski definition) is 4. The van der Waals surface area contributed by atoms with Gasteiger partial charge in [0.2, 0.25) is 0 Å². The lowest BCUT2D eigenvalue weighted by Crippen LogP contribution is -2.33. The standard InChI is InChI=1S/C26H45NO3/c28-20-12-4-2-8-16-25(29)23-27(22-24-14-6-5-7-15-24)19-11-3-1-9-17-26-18-10-13-21-30-26/h5-7,14-15,25-26,28-29H,1-4,8-13,16-23H2. The number of aliphatic hydroxyl groups excluding tert-OH is 2. The molecule has 1 fully saturated rings. The maximum absolute atomic E-state index is 10.5. The van der Waals surface area contributed by atoms with Gasteiger partial charge in [0.25, 0.3) is 0 Å². The summed E-state index contributed by atoms with van der Waals surface area (Å²) >= 11 is 0. The first-order chi connectivity index (χ1) is 14.8. The fraction of sp³-hybridized carbons (Fsp3) is 0.769. The van der Waals surface area contributed by atoms with Crippen LogP contribution in [0, 0.1) is 0 Å². The molecule has 172 valence electrons. The molecule has 4 nitrogen and oxygen atoms in total.